The van der Waals surface area contributed by atoms with Gasteiger partial charge in [0.1, 0.15) is 19.8 Å². The first kappa shape index (κ1) is 37.7. The van der Waals surface area contributed by atoms with E-state index >= 15 is 0 Å². The van der Waals surface area contributed by atoms with Crippen molar-refractivity contribution in [3.63, 3.8) is 0 Å². The summed E-state index contributed by atoms with van der Waals surface area (Å²) in [5.74, 6) is -2.94. The van der Waals surface area contributed by atoms with Crippen molar-refractivity contribution < 1.29 is 52.7 Å². The molecule has 1 aromatic carbocycles. The van der Waals surface area contributed by atoms with Gasteiger partial charge in [0.15, 0.2) is 5.78 Å². The lowest BCUT2D eigenvalue weighted by molar-refractivity contribution is -0.189. The molecule has 0 radical (unpaired) electrons. The predicted octanol–water partition coefficient (Wildman–Crippen LogP) is 3.39. The van der Waals surface area contributed by atoms with Crippen molar-refractivity contribution in [3.8, 4) is 11.4 Å². The molecule has 274 valence electrons. The molecule has 0 fully saturated rings. The molecule has 0 saturated heterocycles. The summed E-state index contributed by atoms with van der Waals surface area (Å²) in [7, 11) is 0. The molecule has 14 heteroatoms. The molecule has 5 rings (SSSR count). The summed E-state index contributed by atoms with van der Waals surface area (Å²) in [6, 6.07) is 7.79. The van der Waals surface area contributed by atoms with Gasteiger partial charge in [0.25, 0.3) is 5.56 Å². The van der Waals surface area contributed by atoms with Crippen molar-refractivity contribution in [2.24, 2.45) is 0 Å². The van der Waals surface area contributed by atoms with Gasteiger partial charge in [-0.05, 0) is 50.5 Å². The van der Waals surface area contributed by atoms with Crippen LogP contribution in [-0.4, -0.2) is 90.7 Å². The summed E-state index contributed by atoms with van der Waals surface area (Å²) in [5, 5.41) is 9.57. The average Bonchev–Trinajstić information content (AvgIpc) is 3.47. The summed E-state index contributed by atoms with van der Waals surface area (Å²) in [4.78, 5) is 68.3. The minimum atomic E-state index is -1.85. The number of ketones is 1. The van der Waals surface area contributed by atoms with Gasteiger partial charge in [-0.2, -0.15) is 0 Å². The second kappa shape index (κ2) is 16.7. The maximum absolute atomic E-state index is 13.9. The highest BCUT2D eigenvalue weighted by Gasteiger charge is 2.50. The van der Waals surface area contributed by atoms with Crippen molar-refractivity contribution in [2.45, 2.75) is 78.2 Å². The second-order valence-electron chi connectivity index (χ2n) is 12.6. The Morgan fingerprint density at radius 3 is 2.49 bits per heavy atom. The Morgan fingerprint density at radius 1 is 1.00 bits per heavy atom. The first-order valence-corrected chi connectivity index (χ1v) is 17.2. The number of esters is 2. The molecule has 0 amide bonds. The lowest BCUT2D eigenvalue weighted by atomic mass is 9.85. The van der Waals surface area contributed by atoms with Crippen molar-refractivity contribution in [3.05, 3.63) is 62.4 Å². The number of hydrogen-bond donors (Lipinski definition) is 1. The quantitative estimate of drug-likeness (QED) is 0.111. The highest BCUT2D eigenvalue weighted by molar-refractivity contribution is 5.91. The molecule has 2 aliphatic heterocycles. The Bertz CT molecular complexity index is 1870. The van der Waals surface area contributed by atoms with E-state index in [1.54, 1.807) is 24.5 Å². The summed E-state index contributed by atoms with van der Waals surface area (Å²) in [6.07, 6.45) is 0.0272. The fourth-order valence-electron chi connectivity index (χ4n) is 6.46. The van der Waals surface area contributed by atoms with E-state index in [0.717, 1.165) is 34.0 Å². The smallest absolute Gasteiger partial charge is 0.355 e. The van der Waals surface area contributed by atoms with Crippen LogP contribution in [0.15, 0.2) is 29.1 Å². The number of aromatic nitrogens is 2. The van der Waals surface area contributed by atoms with Gasteiger partial charge in [0.05, 0.1) is 74.6 Å². The number of aliphatic carboxylic acids is 1. The number of carbonyl (C=O) groups is 4. The van der Waals surface area contributed by atoms with Crippen molar-refractivity contribution >= 4 is 34.6 Å². The maximum atomic E-state index is 13.9. The maximum Gasteiger partial charge on any atom is 0.355 e. The Kier molecular flexibility index (Phi) is 12.3. The van der Waals surface area contributed by atoms with E-state index in [4.69, 9.17) is 38.5 Å². The van der Waals surface area contributed by atoms with Crippen molar-refractivity contribution in [1.82, 2.24) is 9.55 Å². The minimum absolute atomic E-state index is 0.0178. The minimum Gasteiger partial charge on any atom is -0.480 e. The van der Waals surface area contributed by atoms with Gasteiger partial charge >= 0.3 is 17.9 Å². The van der Waals surface area contributed by atoms with Crippen molar-refractivity contribution in [2.75, 3.05) is 46.2 Å². The number of carboxylic acid groups (broad SMARTS) is 1. The molecule has 1 N–H and O–H groups in total. The summed E-state index contributed by atoms with van der Waals surface area (Å²) in [6.45, 7) is 8.03. The van der Waals surface area contributed by atoms with Crippen molar-refractivity contribution in [1.29, 1.82) is 0 Å². The number of Topliss-reactive ketones (excluding diaryl/α,β-unsaturated/α-hetero) is 1. The number of pyridine rings is 2. The Hall–Kier alpha value is -4.50. The third-order valence-electron chi connectivity index (χ3n) is 9.02. The summed E-state index contributed by atoms with van der Waals surface area (Å²) in [5.41, 5.74) is 3.54. The van der Waals surface area contributed by atoms with E-state index in [-0.39, 0.29) is 101 Å². The van der Waals surface area contributed by atoms with Crippen LogP contribution < -0.4 is 5.56 Å². The molecular formula is C37H44N2O12. The van der Waals surface area contributed by atoms with E-state index in [1.165, 1.54) is 0 Å². The fraction of sp³-hybridized carbons (Fsp3) is 0.514. The number of nitrogens with zero attached hydrogens (tertiary/aromatic N) is 2. The van der Waals surface area contributed by atoms with Gasteiger partial charge in [-0.25, -0.2) is 14.6 Å². The van der Waals surface area contributed by atoms with E-state index < -0.39 is 23.5 Å². The zero-order chi connectivity index (χ0) is 36.7. The molecule has 0 aliphatic carbocycles. The molecule has 3 aromatic rings. The lowest BCUT2D eigenvalue weighted by Gasteiger charge is -2.35. The van der Waals surface area contributed by atoms with E-state index in [9.17, 15) is 24.0 Å². The number of carbonyl (C=O) groups excluding carboxylic acids is 3. The topological polar surface area (TPSA) is 179 Å². The number of cyclic esters (lactones) is 1. The number of hydrogen-bond acceptors (Lipinski definition) is 12. The Morgan fingerprint density at radius 2 is 1.75 bits per heavy atom. The van der Waals surface area contributed by atoms with Crippen LogP contribution in [0.3, 0.4) is 0 Å². The monoisotopic (exact) mass is 708 g/mol. The molecule has 0 bridgehead atoms. The third kappa shape index (κ3) is 8.36. The zero-order valence-electron chi connectivity index (χ0n) is 29.4. The van der Waals surface area contributed by atoms with Gasteiger partial charge in [-0.3, -0.25) is 14.4 Å². The van der Waals surface area contributed by atoms with E-state index in [0.29, 0.717) is 17.9 Å². The summed E-state index contributed by atoms with van der Waals surface area (Å²) >= 11 is 0. The van der Waals surface area contributed by atoms with Crippen LogP contribution in [-0.2, 0) is 72.8 Å². The van der Waals surface area contributed by atoms with Crippen LogP contribution in [0.25, 0.3) is 22.3 Å². The van der Waals surface area contributed by atoms with Gasteiger partial charge in [-0.15, -0.1) is 0 Å². The average molecular weight is 709 g/mol. The van der Waals surface area contributed by atoms with Crippen LogP contribution in [0, 0.1) is 6.92 Å². The largest absolute Gasteiger partial charge is 0.480 e. The molecule has 1 unspecified atom stereocenters. The van der Waals surface area contributed by atoms with Gasteiger partial charge in [0, 0.05) is 22.9 Å². The Balaban J connectivity index is 1.18. The summed E-state index contributed by atoms with van der Waals surface area (Å²) < 4.78 is 34.1. The highest BCUT2D eigenvalue weighted by Crippen LogP contribution is 2.42. The molecule has 4 heterocycles. The highest BCUT2D eigenvalue weighted by atomic mass is 16.6. The van der Waals surface area contributed by atoms with Gasteiger partial charge in [-0.1, -0.05) is 25.5 Å². The first-order valence-electron chi connectivity index (χ1n) is 17.2. The van der Waals surface area contributed by atoms with Crippen LogP contribution in [0.1, 0.15) is 67.9 Å². The number of fused-ring (bicyclic) bond motifs is 5. The number of carboxylic acids is 1. The standard InChI is InChI=1S/C37H44N2O12/c1-5-25-26-15-22(3)7-9-30(26)38-34-27(25)17-39-31(34)16-29-28(35(39)44)20-50-36(45)37(29,6-2)51-33(43)10-8-24(40)19-47-13-14-49-23(4)18-46-11-12-48-21-32(41)42/h7,9,15-16,23H,5-6,8,10-14,17-21H2,1-4H3,(H,41,42)/t23?,37-/m0/s1. The molecular weight excluding hydrogens is 664 g/mol. The molecule has 2 aliphatic rings. The SMILES string of the molecule is CCc1c2c(nc3ccc(C)cc13)-c1cc3c(c(=O)n1C2)COC(=O)[C@@]3(CC)OC(=O)CCC(=O)COCCOC(C)COCCOCC(=O)O. The second-order valence-corrected chi connectivity index (χ2v) is 12.6. The molecule has 14 nitrogen and oxygen atoms in total. The first-order chi connectivity index (χ1) is 24.5. The molecule has 0 saturated carbocycles. The lowest BCUT2D eigenvalue weighted by Crippen LogP contribution is -2.47. The van der Waals surface area contributed by atoms with E-state index in [2.05, 4.69) is 13.0 Å². The number of aryl methyl sites for hydroxylation is 2. The zero-order valence-corrected chi connectivity index (χ0v) is 29.4. The third-order valence-corrected chi connectivity index (χ3v) is 9.02. The molecule has 2 aromatic heterocycles. The van der Waals surface area contributed by atoms with Crippen LogP contribution >= 0.6 is 0 Å². The molecule has 0 spiro atoms. The molecule has 51 heavy (non-hydrogen) atoms. The van der Waals surface area contributed by atoms with Crippen LogP contribution in [0.5, 0.6) is 0 Å². The number of ether oxygens (including phenoxy) is 6. The number of benzene rings is 1. The fourth-order valence-corrected chi connectivity index (χ4v) is 6.46. The predicted molar refractivity (Wildman–Crippen MR) is 182 cm³/mol. The normalized spacial score (nSPS) is 16.7. The molecule has 2 atom stereocenters. The van der Waals surface area contributed by atoms with Crippen LogP contribution in [0.2, 0.25) is 0 Å². The van der Waals surface area contributed by atoms with Gasteiger partial charge in [0.2, 0.25) is 5.60 Å². The van der Waals surface area contributed by atoms with Gasteiger partial charge < -0.3 is 38.1 Å². The van der Waals surface area contributed by atoms with Crippen LogP contribution in [0.4, 0.5) is 0 Å². The van der Waals surface area contributed by atoms with E-state index in [1.807, 2.05) is 19.1 Å². The Labute approximate surface area is 294 Å². The number of rotatable bonds is 19.